The molecule has 8 nitrogen and oxygen atoms in total. The van der Waals surface area contributed by atoms with Gasteiger partial charge < -0.3 is 10.1 Å². The molecule has 1 aliphatic heterocycles. The largest absolute Gasteiger partial charge is 0.383 e. The number of para-hydroxylation sites is 1. The van der Waals surface area contributed by atoms with E-state index in [9.17, 15) is 13.2 Å². The predicted molar refractivity (Wildman–Crippen MR) is 105 cm³/mol. The molecule has 1 unspecified atom stereocenters. The van der Waals surface area contributed by atoms with Crippen LogP contribution in [0.1, 0.15) is 42.9 Å². The number of carbonyl (C=O) groups excluding carboxylic acids is 1. The quantitative estimate of drug-likeness (QED) is 0.758. The SMILES string of the molecule is CCCC(C)NC(=O)c1ncn2c1CN(CCOC)S(=O)(=O)c1ccccc1-2. The maximum absolute atomic E-state index is 13.2. The molecule has 2 heterocycles. The van der Waals surface area contributed by atoms with Crippen LogP contribution >= 0.6 is 0 Å². The summed E-state index contributed by atoms with van der Waals surface area (Å²) in [5, 5.41) is 2.95. The Morgan fingerprint density at radius 2 is 2.11 bits per heavy atom. The van der Waals surface area contributed by atoms with E-state index in [4.69, 9.17) is 4.74 Å². The van der Waals surface area contributed by atoms with Crippen LogP contribution in [0.15, 0.2) is 35.5 Å². The zero-order valence-electron chi connectivity index (χ0n) is 16.4. The fourth-order valence-corrected chi connectivity index (χ4v) is 4.94. The van der Waals surface area contributed by atoms with Gasteiger partial charge in [0.15, 0.2) is 5.69 Å². The van der Waals surface area contributed by atoms with Crippen molar-refractivity contribution in [2.75, 3.05) is 20.3 Å². The lowest BCUT2D eigenvalue weighted by Gasteiger charge is -2.20. The highest BCUT2D eigenvalue weighted by Gasteiger charge is 2.34. The number of amides is 1. The Labute approximate surface area is 165 Å². The Kier molecular flexibility index (Phi) is 6.17. The highest BCUT2D eigenvalue weighted by atomic mass is 32.2. The number of aromatic nitrogens is 2. The number of carbonyl (C=O) groups is 1. The van der Waals surface area contributed by atoms with E-state index in [1.54, 1.807) is 28.8 Å². The second-order valence-corrected chi connectivity index (χ2v) is 8.78. The van der Waals surface area contributed by atoms with E-state index >= 15 is 0 Å². The van der Waals surface area contributed by atoms with Gasteiger partial charge in [-0.15, -0.1) is 0 Å². The number of ether oxygens (including phenoxy) is 1. The lowest BCUT2D eigenvalue weighted by molar-refractivity contribution is 0.0931. The number of methoxy groups -OCH3 is 1. The van der Waals surface area contributed by atoms with Gasteiger partial charge in [0.05, 0.1) is 24.5 Å². The first kappa shape index (κ1) is 20.5. The van der Waals surface area contributed by atoms with Crippen molar-refractivity contribution in [1.29, 1.82) is 0 Å². The highest BCUT2D eigenvalue weighted by Crippen LogP contribution is 2.31. The van der Waals surface area contributed by atoms with E-state index in [1.807, 2.05) is 6.92 Å². The minimum Gasteiger partial charge on any atom is -0.383 e. The van der Waals surface area contributed by atoms with Gasteiger partial charge in [0, 0.05) is 19.7 Å². The predicted octanol–water partition coefficient (Wildman–Crippen LogP) is 1.94. The molecule has 0 aliphatic carbocycles. The van der Waals surface area contributed by atoms with Gasteiger partial charge in [-0.05, 0) is 25.5 Å². The van der Waals surface area contributed by atoms with Crippen LogP contribution in [0.5, 0.6) is 0 Å². The van der Waals surface area contributed by atoms with Crippen molar-refractivity contribution in [2.45, 2.75) is 44.2 Å². The number of hydrogen-bond donors (Lipinski definition) is 1. The van der Waals surface area contributed by atoms with Crippen molar-refractivity contribution in [3.8, 4) is 5.69 Å². The van der Waals surface area contributed by atoms with Gasteiger partial charge in [0.25, 0.3) is 5.91 Å². The van der Waals surface area contributed by atoms with Crippen molar-refractivity contribution in [3.63, 3.8) is 0 Å². The minimum absolute atomic E-state index is 0.0150. The zero-order valence-corrected chi connectivity index (χ0v) is 17.2. The summed E-state index contributed by atoms with van der Waals surface area (Å²) in [5.74, 6) is -0.293. The van der Waals surface area contributed by atoms with Gasteiger partial charge in [-0.25, -0.2) is 13.4 Å². The number of nitrogens with zero attached hydrogens (tertiary/aromatic N) is 3. The minimum atomic E-state index is -3.73. The molecule has 1 amide bonds. The van der Waals surface area contributed by atoms with Gasteiger partial charge in [0.2, 0.25) is 10.0 Å². The van der Waals surface area contributed by atoms with Crippen LogP contribution in [0.3, 0.4) is 0 Å². The lowest BCUT2D eigenvalue weighted by Crippen LogP contribution is -2.35. The highest BCUT2D eigenvalue weighted by molar-refractivity contribution is 7.89. The van der Waals surface area contributed by atoms with Crippen molar-refractivity contribution in [2.24, 2.45) is 0 Å². The maximum atomic E-state index is 13.2. The van der Waals surface area contributed by atoms with Crippen LogP contribution in [0.25, 0.3) is 5.69 Å². The van der Waals surface area contributed by atoms with E-state index in [2.05, 4.69) is 17.2 Å². The number of fused-ring (bicyclic) bond motifs is 3. The number of nitrogens with one attached hydrogen (secondary N) is 1. The monoisotopic (exact) mass is 406 g/mol. The summed E-state index contributed by atoms with van der Waals surface area (Å²) >= 11 is 0. The lowest BCUT2D eigenvalue weighted by atomic mass is 10.2. The molecule has 0 radical (unpaired) electrons. The van der Waals surface area contributed by atoms with Crippen LogP contribution in [0.2, 0.25) is 0 Å². The second-order valence-electron chi connectivity index (χ2n) is 6.87. The average molecular weight is 407 g/mol. The first-order valence-corrected chi connectivity index (χ1v) is 10.8. The first-order chi connectivity index (χ1) is 13.4. The molecule has 1 aromatic carbocycles. The molecule has 1 N–H and O–H groups in total. The van der Waals surface area contributed by atoms with Crippen molar-refractivity contribution in [1.82, 2.24) is 19.2 Å². The fourth-order valence-electron chi connectivity index (χ4n) is 3.38. The molecular weight excluding hydrogens is 380 g/mol. The molecule has 0 saturated heterocycles. The number of imidazole rings is 1. The van der Waals surface area contributed by atoms with E-state index in [0.717, 1.165) is 12.8 Å². The summed E-state index contributed by atoms with van der Waals surface area (Å²) in [4.78, 5) is 17.3. The molecule has 1 atom stereocenters. The molecular formula is C19H26N4O4S. The van der Waals surface area contributed by atoms with Crippen LogP contribution in [-0.2, 0) is 21.3 Å². The van der Waals surface area contributed by atoms with Gasteiger partial charge in [-0.2, -0.15) is 4.31 Å². The molecule has 1 aliphatic rings. The number of rotatable bonds is 7. The van der Waals surface area contributed by atoms with Gasteiger partial charge >= 0.3 is 0 Å². The van der Waals surface area contributed by atoms with Gasteiger partial charge in [0.1, 0.15) is 11.2 Å². The Bertz CT molecular complexity index is 955. The molecule has 1 aromatic heterocycles. The average Bonchev–Trinajstić information content (AvgIpc) is 3.05. The molecule has 3 rings (SSSR count). The van der Waals surface area contributed by atoms with Crippen molar-refractivity contribution < 1.29 is 17.9 Å². The number of benzene rings is 1. The Balaban J connectivity index is 2.07. The number of sulfonamides is 1. The van der Waals surface area contributed by atoms with Gasteiger partial charge in [-0.3, -0.25) is 9.36 Å². The standard InChI is InChI=1S/C19H26N4O4S/c1-4-7-14(2)21-19(24)18-16-12-22(10-11-27-3)28(25,26)17-9-6-5-8-15(17)23(16)13-20-18/h5-6,8-9,13-14H,4,7,10-12H2,1-3H3,(H,21,24). The third-order valence-corrected chi connectivity index (χ3v) is 6.69. The fraction of sp³-hybridized carbons (Fsp3) is 0.474. The zero-order chi connectivity index (χ0) is 20.3. The van der Waals surface area contributed by atoms with E-state index in [1.165, 1.54) is 17.7 Å². The first-order valence-electron chi connectivity index (χ1n) is 9.35. The van der Waals surface area contributed by atoms with E-state index in [0.29, 0.717) is 11.4 Å². The summed E-state index contributed by atoms with van der Waals surface area (Å²) in [6, 6.07) is 6.77. The Hall–Kier alpha value is -2.23. The summed E-state index contributed by atoms with van der Waals surface area (Å²) in [6.45, 7) is 4.49. The Morgan fingerprint density at radius 3 is 2.82 bits per heavy atom. The van der Waals surface area contributed by atoms with Crippen LogP contribution < -0.4 is 5.32 Å². The van der Waals surface area contributed by atoms with Crippen molar-refractivity contribution in [3.05, 3.63) is 42.0 Å². The molecule has 0 fully saturated rings. The summed E-state index contributed by atoms with van der Waals surface area (Å²) < 4.78 is 34.5. The maximum Gasteiger partial charge on any atom is 0.272 e. The van der Waals surface area contributed by atoms with Crippen LogP contribution in [0.4, 0.5) is 0 Å². The normalized spacial score (nSPS) is 16.7. The van der Waals surface area contributed by atoms with Crippen LogP contribution in [-0.4, -0.2) is 54.5 Å². The molecule has 0 saturated carbocycles. The molecule has 152 valence electrons. The topological polar surface area (TPSA) is 93.5 Å². The summed E-state index contributed by atoms with van der Waals surface area (Å²) in [5.41, 5.74) is 1.29. The third kappa shape index (κ3) is 3.82. The van der Waals surface area contributed by atoms with Gasteiger partial charge in [-0.1, -0.05) is 25.5 Å². The Morgan fingerprint density at radius 1 is 1.36 bits per heavy atom. The summed E-state index contributed by atoms with van der Waals surface area (Å²) in [7, 11) is -2.21. The smallest absolute Gasteiger partial charge is 0.272 e. The van der Waals surface area contributed by atoms with E-state index < -0.39 is 10.0 Å². The molecule has 0 spiro atoms. The third-order valence-electron chi connectivity index (χ3n) is 4.79. The molecule has 28 heavy (non-hydrogen) atoms. The number of hydrogen-bond acceptors (Lipinski definition) is 5. The summed E-state index contributed by atoms with van der Waals surface area (Å²) in [6.07, 6.45) is 3.33. The second kappa shape index (κ2) is 8.42. The van der Waals surface area contributed by atoms with E-state index in [-0.39, 0.29) is 42.2 Å². The molecule has 0 bridgehead atoms. The van der Waals surface area contributed by atoms with Crippen molar-refractivity contribution >= 4 is 15.9 Å². The molecule has 2 aromatic rings. The van der Waals surface area contributed by atoms with Crippen LogP contribution in [0, 0.1) is 0 Å². The molecule has 9 heteroatoms.